The van der Waals surface area contributed by atoms with E-state index in [1.165, 1.54) is 40.4 Å². The maximum absolute atomic E-state index is 12.9. The molecule has 0 aliphatic heterocycles. The number of hydrogen-bond acceptors (Lipinski definition) is 8. The molecule has 156 valence electrons. The third-order valence-corrected chi connectivity index (χ3v) is 5.41. The summed E-state index contributed by atoms with van der Waals surface area (Å²) in [5, 5.41) is 2.94. The number of methoxy groups -OCH3 is 3. The van der Waals surface area contributed by atoms with E-state index >= 15 is 0 Å². The molecule has 0 unspecified atom stereocenters. The minimum absolute atomic E-state index is 0.169. The summed E-state index contributed by atoms with van der Waals surface area (Å²) in [6.45, 7) is 4.90. The summed E-state index contributed by atoms with van der Waals surface area (Å²) in [6.07, 6.45) is 0. The van der Waals surface area contributed by atoms with Gasteiger partial charge in [0.25, 0.3) is 5.91 Å². The fourth-order valence-electron chi connectivity index (χ4n) is 2.77. The van der Waals surface area contributed by atoms with E-state index in [1.807, 2.05) is 0 Å². The van der Waals surface area contributed by atoms with E-state index in [0.29, 0.717) is 27.7 Å². The Morgan fingerprint density at radius 3 is 2.07 bits per heavy atom. The number of nitrogens with one attached hydrogen (secondary N) is 1. The monoisotopic (exact) mass is 421 g/mol. The standard InChI is InChI=1S/C20H23NO7S/c1-7-28-20(24)15-10(2)17(11(3)22)29-19(15)21-18(23)12-8-13(25-4)16(27-6)14(9-12)26-5/h8-9H,7H2,1-6H3,(H,21,23). The Bertz CT molecular complexity index is 924. The van der Waals surface area contributed by atoms with Crippen molar-refractivity contribution in [2.24, 2.45) is 0 Å². The number of benzene rings is 1. The number of ketones is 1. The molecular formula is C20H23NO7S. The molecule has 0 fully saturated rings. The first kappa shape index (κ1) is 22.2. The van der Waals surface area contributed by atoms with Gasteiger partial charge < -0.3 is 24.3 Å². The topological polar surface area (TPSA) is 100 Å². The first-order chi connectivity index (χ1) is 13.8. The van der Waals surface area contributed by atoms with Crippen molar-refractivity contribution < 1.29 is 33.3 Å². The summed E-state index contributed by atoms with van der Waals surface area (Å²) < 4.78 is 20.9. The highest BCUT2D eigenvalue weighted by Crippen LogP contribution is 2.39. The highest BCUT2D eigenvalue weighted by molar-refractivity contribution is 7.18. The Hall–Kier alpha value is -3.07. The van der Waals surface area contributed by atoms with Gasteiger partial charge in [-0.25, -0.2) is 4.79 Å². The van der Waals surface area contributed by atoms with Gasteiger partial charge in [0.2, 0.25) is 5.75 Å². The zero-order valence-corrected chi connectivity index (χ0v) is 17.9. The number of carbonyl (C=O) groups is 3. The van der Waals surface area contributed by atoms with Crippen LogP contribution in [0.15, 0.2) is 12.1 Å². The number of esters is 1. The van der Waals surface area contributed by atoms with Gasteiger partial charge in [0.15, 0.2) is 17.3 Å². The first-order valence-corrected chi connectivity index (χ1v) is 9.53. The molecular weight excluding hydrogens is 398 g/mol. The Labute approximate surface area is 172 Å². The summed E-state index contributed by atoms with van der Waals surface area (Å²) in [7, 11) is 4.35. The molecule has 1 amide bonds. The van der Waals surface area contributed by atoms with Crippen molar-refractivity contribution in [3.05, 3.63) is 33.7 Å². The Kier molecular flexibility index (Phi) is 7.22. The number of Topliss-reactive ketones (excluding diaryl/α,β-unsaturated/α-hetero) is 1. The lowest BCUT2D eigenvalue weighted by Gasteiger charge is -2.14. The fraction of sp³-hybridized carbons (Fsp3) is 0.350. The number of rotatable bonds is 8. The molecule has 29 heavy (non-hydrogen) atoms. The van der Waals surface area contributed by atoms with Gasteiger partial charge in [0.1, 0.15) is 5.00 Å². The molecule has 0 saturated carbocycles. The number of ether oxygens (including phenoxy) is 4. The third kappa shape index (κ3) is 4.51. The highest BCUT2D eigenvalue weighted by Gasteiger charge is 2.26. The van der Waals surface area contributed by atoms with Gasteiger partial charge in [-0.3, -0.25) is 9.59 Å². The molecule has 0 bridgehead atoms. The van der Waals surface area contributed by atoms with Crippen LogP contribution in [0.3, 0.4) is 0 Å². The first-order valence-electron chi connectivity index (χ1n) is 8.71. The second-order valence-corrected chi connectivity index (χ2v) is 6.93. The van der Waals surface area contributed by atoms with Gasteiger partial charge in [0.05, 0.1) is 38.4 Å². The van der Waals surface area contributed by atoms with Crippen molar-refractivity contribution in [3.8, 4) is 17.2 Å². The minimum Gasteiger partial charge on any atom is -0.493 e. The van der Waals surface area contributed by atoms with E-state index in [9.17, 15) is 14.4 Å². The average molecular weight is 421 g/mol. The summed E-state index contributed by atoms with van der Waals surface area (Å²) in [5.74, 6) is -0.333. The molecule has 1 heterocycles. The Morgan fingerprint density at radius 2 is 1.62 bits per heavy atom. The van der Waals surface area contributed by atoms with E-state index in [-0.39, 0.29) is 28.5 Å². The van der Waals surface area contributed by atoms with Crippen LogP contribution in [-0.4, -0.2) is 45.6 Å². The summed E-state index contributed by atoms with van der Waals surface area (Å²) in [4.78, 5) is 37.6. The molecule has 0 radical (unpaired) electrons. The summed E-state index contributed by atoms with van der Waals surface area (Å²) in [5.41, 5.74) is 0.869. The molecule has 1 N–H and O–H groups in total. The molecule has 9 heteroatoms. The fourth-order valence-corrected chi connectivity index (χ4v) is 3.86. The summed E-state index contributed by atoms with van der Waals surface area (Å²) in [6, 6.07) is 2.99. The lowest BCUT2D eigenvalue weighted by Crippen LogP contribution is -2.15. The normalized spacial score (nSPS) is 10.3. The zero-order valence-electron chi connectivity index (χ0n) is 17.1. The van der Waals surface area contributed by atoms with Crippen LogP contribution in [0.5, 0.6) is 17.2 Å². The largest absolute Gasteiger partial charge is 0.493 e. The number of hydrogen-bond donors (Lipinski definition) is 1. The van der Waals surface area contributed by atoms with Gasteiger partial charge in [0, 0.05) is 5.56 Å². The number of carbonyl (C=O) groups excluding carboxylic acids is 3. The van der Waals surface area contributed by atoms with Crippen molar-refractivity contribution in [3.63, 3.8) is 0 Å². The van der Waals surface area contributed by atoms with Crippen LogP contribution in [0.4, 0.5) is 5.00 Å². The molecule has 2 rings (SSSR count). The van der Waals surface area contributed by atoms with Gasteiger partial charge >= 0.3 is 5.97 Å². The van der Waals surface area contributed by atoms with Crippen LogP contribution >= 0.6 is 11.3 Å². The van der Waals surface area contributed by atoms with Crippen molar-refractivity contribution in [2.45, 2.75) is 20.8 Å². The van der Waals surface area contributed by atoms with Gasteiger partial charge in [-0.15, -0.1) is 11.3 Å². The van der Waals surface area contributed by atoms with E-state index < -0.39 is 11.9 Å². The van der Waals surface area contributed by atoms with E-state index in [0.717, 1.165) is 11.3 Å². The molecule has 0 spiro atoms. The van der Waals surface area contributed by atoms with Crippen LogP contribution in [0.2, 0.25) is 0 Å². The van der Waals surface area contributed by atoms with Crippen molar-refractivity contribution in [1.29, 1.82) is 0 Å². The lowest BCUT2D eigenvalue weighted by atomic mass is 10.1. The number of amides is 1. The molecule has 1 aromatic heterocycles. The Balaban J connectivity index is 2.49. The predicted octanol–water partition coefficient (Wildman–Crippen LogP) is 3.71. The molecule has 0 saturated heterocycles. The van der Waals surface area contributed by atoms with Crippen LogP contribution in [0, 0.1) is 6.92 Å². The second-order valence-electron chi connectivity index (χ2n) is 5.91. The van der Waals surface area contributed by atoms with Crippen LogP contribution < -0.4 is 19.5 Å². The van der Waals surface area contributed by atoms with Crippen molar-refractivity contribution in [2.75, 3.05) is 33.3 Å². The van der Waals surface area contributed by atoms with Crippen LogP contribution in [0.25, 0.3) is 0 Å². The number of anilines is 1. The molecule has 0 aliphatic rings. The van der Waals surface area contributed by atoms with Crippen LogP contribution in [0.1, 0.15) is 49.8 Å². The smallest absolute Gasteiger partial charge is 0.341 e. The highest BCUT2D eigenvalue weighted by atomic mass is 32.1. The van der Waals surface area contributed by atoms with Crippen LogP contribution in [-0.2, 0) is 4.74 Å². The van der Waals surface area contributed by atoms with E-state index in [4.69, 9.17) is 18.9 Å². The maximum Gasteiger partial charge on any atom is 0.341 e. The van der Waals surface area contributed by atoms with E-state index in [2.05, 4.69) is 5.32 Å². The molecule has 2 aromatic rings. The summed E-state index contributed by atoms with van der Waals surface area (Å²) >= 11 is 1.03. The van der Waals surface area contributed by atoms with E-state index in [1.54, 1.807) is 13.8 Å². The second kappa shape index (κ2) is 9.42. The molecule has 8 nitrogen and oxygen atoms in total. The third-order valence-electron chi connectivity index (χ3n) is 4.10. The minimum atomic E-state index is -0.603. The predicted molar refractivity (Wildman–Crippen MR) is 109 cm³/mol. The van der Waals surface area contributed by atoms with Gasteiger partial charge in [-0.05, 0) is 38.5 Å². The Morgan fingerprint density at radius 1 is 1.03 bits per heavy atom. The molecule has 0 atom stereocenters. The van der Waals surface area contributed by atoms with Gasteiger partial charge in [-0.1, -0.05) is 0 Å². The lowest BCUT2D eigenvalue weighted by molar-refractivity contribution is 0.0527. The zero-order chi connectivity index (χ0) is 21.7. The quantitative estimate of drug-likeness (QED) is 0.512. The molecule has 1 aromatic carbocycles. The SMILES string of the molecule is CCOC(=O)c1c(NC(=O)c2cc(OC)c(OC)c(OC)c2)sc(C(C)=O)c1C. The average Bonchev–Trinajstić information content (AvgIpc) is 3.02. The van der Waals surface area contributed by atoms with Crippen molar-refractivity contribution >= 4 is 34.0 Å². The molecule has 0 aliphatic carbocycles. The van der Waals surface area contributed by atoms with Crippen molar-refractivity contribution in [1.82, 2.24) is 0 Å². The maximum atomic E-state index is 12.9. The number of thiophene rings is 1. The van der Waals surface area contributed by atoms with Gasteiger partial charge in [-0.2, -0.15) is 0 Å².